The minimum Gasteiger partial charge on any atom is -0.491 e. The number of hydrogen-bond donors (Lipinski definition) is 1. The van der Waals surface area contributed by atoms with Crippen LogP contribution < -0.4 is 10.1 Å². The maximum absolute atomic E-state index is 12.8. The lowest BCUT2D eigenvalue weighted by Gasteiger charge is -2.12. The van der Waals surface area contributed by atoms with Gasteiger partial charge < -0.3 is 14.8 Å². The Balaban J connectivity index is 1.38. The van der Waals surface area contributed by atoms with E-state index in [1.54, 1.807) is 6.20 Å². The van der Waals surface area contributed by atoms with Crippen LogP contribution in [0.2, 0.25) is 0 Å². The number of carbonyl (C=O) groups is 1. The quantitative estimate of drug-likeness (QED) is 0.607. The van der Waals surface area contributed by atoms with Gasteiger partial charge in [0.15, 0.2) is 0 Å². The van der Waals surface area contributed by atoms with Crippen LogP contribution in [0.15, 0.2) is 60.8 Å². The van der Waals surface area contributed by atoms with Crippen LogP contribution in [0, 0.1) is 0 Å². The third-order valence-corrected chi connectivity index (χ3v) is 5.28. The van der Waals surface area contributed by atoms with E-state index < -0.39 is 0 Å². The third-order valence-electron chi connectivity index (χ3n) is 5.28. The summed E-state index contributed by atoms with van der Waals surface area (Å²) in [5.74, 6) is 0.618. The van der Waals surface area contributed by atoms with E-state index in [4.69, 9.17) is 9.47 Å². The Bertz CT molecular complexity index is 961. The van der Waals surface area contributed by atoms with Crippen LogP contribution in [0.5, 0.6) is 5.75 Å². The van der Waals surface area contributed by atoms with Crippen molar-refractivity contribution in [3.8, 4) is 5.75 Å². The monoisotopic (exact) mass is 405 g/mol. The molecule has 4 rings (SSSR count). The maximum Gasteiger partial charge on any atom is 0.259 e. The van der Waals surface area contributed by atoms with Crippen LogP contribution in [0.3, 0.4) is 0 Å². The fourth-order valence-corrected chi connectivity index (χ4v) is 3.66. The van der Waals surface area contributed by atoms with E-state index in [0.717, 1.165) is 48.6 Å². The summed E-state index contributed by atoms with van der Waals surface area (Å²) in [6.07, 6.45) is 4.71. The van der Waals surface area contributed by atoms with Gasteiger partial charge in [0.2, 0.25) is 0 Å². The predicted octanol–water partition coefficient (Wildman–Crippen LogP) is 4.30. The van der Waals surface area contributed by atoms with Crippen molar-refractivity contribution < 1.29 is 14.3 Å². The van der Waals surface area contributed by atoms with Crippen LogP contribution >= 0.6 is 0 Å². The van der Waals surface area contributed by atoms with Gasteiger partial charge in [0, 0.05) is 12.3 Å². The molecule has 1 N–H and O–H groups in total. The minimum atomic E-state index is -0.154. The van der Waals surface area contributed by atoms with Gasteiger partial charge in [-0.25, -0.2) is 0 Å². The van der Waals surface area contributed by atoms with Crippen molar-refractivity contribution in [2.45, 2.75) is 38.8 Å². The summed E-state index contributed by atoms with van der Waals surface area (Å²) in [7, 11) is 0. The highest BCUT2D eigenvalue weighted by Crippen LogP contribution is 2.20. The van der Waals surface area contributed by atoms with Gasteiger partial charge in [-0.15, -0.1) is 0 Å². The second-order valence-electron chi connectivity index (χ2n) is 7.43. The molecule has 1 aliphatic rings. The molecular formula is C24H27N3O3. The topological polar surface area (TPSA) is 65.4 Å². The average molecular weight is 405 g/mol. The molecule has 2 heterocycles. The van der Waals surface area contributed by atoms with Gasteiger partial charge in [-0.1, -0.05) is 37.3 Å². The first kappa shape index (κ1) is 20.2. The zero-order chi connectivity index (χ0) is 20.8. The Kier molecular flexibility index (Phi) is 6.44. The summed E-state index contributed by atoms with van der Waals surface area (Å²) in [6.45, 7) is 4.07. The van der Waals surface area contributed by atoms with E-state index in [-0.39, 0.29) is 12.0 Å². The summed E-state index contributed by atoms with van der Waals surface area (Å²) in [6, 6.07) is 17.6. The van der Waals surface area contributed by atoms with E-state index >= 15 is 0 Å². The average Bonchev–Trinajstić information content (AvgIpc) is 3.44. The van der Waals surface area contributed by atoms with Crippen molar-refractivity contribution in [3.05, 3.63) is 77.6 Å². The molecule has 1 aliphatic heterocycles. The third kappa shape index (κ3) is 4.89. The second-order valence-corrected chi connectivity index (χ2v) is 7.43. The number of nitrogens with zero attached hydrogens (tertiary/aromatic N) is 2. The molecule has 6 nitrogen and oxygen atoms in total. The number of amides is 1. The van der Waals surface area contributed by atoms with Crippen LogP contribution in [0.25, 0.3) is 0 Å². The number of benzene rings is 2. The Morgan fingerprint density at radius 3 is 2.70 bits per heavy atom. The highest BCUT2D eigenvalue weighted by Gasteiger charge is 2.17. The first-order chi connectivity index (χ1) is 14.7. The number of hydrogen-bond acceptors (Lipinski definition) is 4. The van der Waals surface area contributed by atoms with Gasteiger partial charge in [0.25, 0.3) is 5.91 Å². The standard InChI is InChI=1S/C24H27N3O3/c1-2-23-22(15-25-27(23)16-18-7-4-3-5-8-18)24(28)26-19-10-12-20(13-11-19)30-17-21-9-6-14-29-21/h3-5,7-8,10-13,15,21H,2,6,9,14,16-17H2,1H3,(H,26,28). The van der Waals surface area contributed by atoms with Crippen LogP contribution in [0.1, 0.15) is 41.4 Å². The molecule has 1 fully saturated rings. The fraction of sp³-hybridized carbons (Fsp3) is 0.333. The molecule has 0 bridgehead atoms. The molecule has 30 heavy (non-hydrogen) atoms. The molecule has 1 aromatic heterocycles. The molecule has 0 saturated carbocycles. The van der Waals surface area contributed by atoms with Crippen molar-refractivity contribution in [2.75, 3.05) is 18.5 Å². The van der Waals surface area contributed by atoms with E-state index in [1.165, 1.54) is 0 Å². The number of carbonyl (C=O) groups excluding carboxylic acids is 1. The van der Waals surface area contributed by atoms with E-state index in [9.17, 15) is 4.79 Å². The smallest absolute Gasteiger partial charge is 0.259 e. The zero-order valence-corrected chi connectivity index (χ0v) is 17.2. The number of anilines is 1. The highest BCUT2D eigenvalue weighted by atomic mass is 16.5. The zero-order valence-electron chi connectivity index (χ0n) is 17.2. The molecule has 156 valence electrons. The van der Waals surface area contributed by atoms with Crippen LogP contribution in [-0.2, 0) is 17.7 Å². The fourth-order valence-electron chi connectivity index (χ4n) is 3.66. The van der Waals surface area contributed by atoms with Crippen molar-refractivity contribution in [1.29, 1.82) is 0 Å². The molecule has 1 saturated heterocycles. The van der Waals surface area contributed by atoms with Crippen LogP contribution in [-0.4, -0.2) is 35.0 Å². The van der Waals surface area contributed by atoms with Gasteiger partial charge >= 0.3 is 0 Å². The van der Waals surface area contributed by atoms with Gasteiger partial charge in [-0.2, -0.15) is 5.10 Å². The Morgan fingerprint density at radius 2 is 2.00 bits per heavy atom. The molecule has 0 radical (unpaired) electrons. The molecule has 1 unspecified atom stereocenters. The Labute approximate surface area is 176 Å². The van der Waals surface area contributed by atoms with E-state index in [1.807, 2.05) is 54.1 Å². The molecule has 0 aliphatic carbocycles. The molecule has 2 aromatic carbocycles. The van der Waals surface area contributed by atoms with Crippen molar-refractivity contribution in [2.24, 2.45) is 0 Å². The lowest BCUT2D eigenvalue weighted by Crippen LogP contribution is -2.16. The van der Waals surface area contributed by atoms with Gasteiger partial charge in [0.1, 0.15) is 12.4 Å². The highest BCUT2D eigenvalue weighted by molar-refractivity contribution is 6.05. The largest absolute Gasteiger partial charge is 0.491 e. The maximum atomic E-state index is 12.8. The number of rotatable bonds is 8. The SMILES string of the molecule is CCc1c(C(=O)Nc2ccc(OCC3CCCO3)cc2)cnn1Cc1ccccc1. The second kappa shape index (κ2) is 9.59. The minimum absolute atomic E-state index is 0.154. The summed E-state index contributed by atoms with van der Waals surface area (Å²) >= 11 is 0. The van der Waals surface area contributed by atoms with Gasteiger partial charge in [-0.05, 0) is 49.1 Å². The van der Waals surface area contributed by atoms with E-state index in [0.29, 0.717) is 18.7 Å². The number of nitrogens with one attached hydrogen (secondary N) is 1. The summed E-state index contributed by atoms with van der Waals surface area (Å²) in [4.78, 5) is 12.8. The summed E-state index contributed by atoms with van der Waals surface area (Å²) in [5.41, 5.74) is 3.41. The van der Waals surface area contributed by atoms with E-state index in [2.05, 4.69) is 22.5 Å². The molecule has 6 heteroatoms. The number of aromatic nitrogens is 2. The summed E-state index contributed by atoms with van der Waals surface area (Å²) < 4.78 is 13.2. The predicted molar refractivity (Wildman–Crippen MR) is 116 cm³/mol. The van der Waals surface area contributed by atoms with Crippen molar-refractivity contribution in [1.82, 2.24) is 9.78 Å². The van der Waals surface area contributed by atoms with Gasteiger partial charge in [-0.3, -0.25) is 9.48 Å². The molecule has 1 atom stereocenters. The van der Waals surface area contributed by atoms with Crippen molar-refractivity contribution in [3.63, 3.8) is 0 Å². The van der Waals surface area contributed by atoms with Crippen LogP contribution in [0.4, 0.5) is 5.69 Å². The lowest BCUT2D eigenvalue weighted by molar-refractivity contribution is 0.0679. The Morgan fingerprint density at radius 1 is 1.20 bits per heavy atom. The molecule has 3 aromatic rings. The first-order valence-corrected chi connectivity index (χ1v) is 10.5. The normalized spacial score (nSPS) is 15.8. The van der Waals surface area contributed by atoms with Gasteiger partial charge in [0.05, 0.1) is 30.1 Å². The summed E-state index contributed by atoms with van der Waals surface area (Å²) in [5, 5.41) is 7.41. The number of ether oxygens (including phenoxy) is 2. The lowest BCUT2D eigenvalue weighted by atomic mass is 10.1. The molecular weight excluding hydrogens is 378 g/mol. The van der Waals surface area contributed by atoms with Crippen molar-refractivity contribution >= 4 is 11.6 Å². The molecule has 1 amide bonds. The Hall–Kier alpha value is -3.12. The first-order valence-electron chi connectivity index (χ1n) is 10.5. The molecule has 0 spiro atoms.